The van der Waals surface area contributed by atoms with E-state index in [1.54, 1.807) is 16.9 Å². The molecular weight excluding hydrogens is 178 g/mol. The van der Waals surface area contributed by atoms with Crippen molar-refractivity contribution in [1.82, 2.24) is 14.6 Å². The summed E-state index contributed by atoms with van der Waals surface area (Å²) in [7, 11) is 0. The van der Waals surface area contributed by atoms with Gasteiger partial charge < -0.3 is 0 Å². The molecule has 4 heteroatoms. The second kappa shape index (κ2) is 3.57. The molecule has 0 spiro atoms. The molecule has 0 aromatic carbocycles. The van der Waals surface area contributed by atoms with E-state index < -0.39 is 0 Å². The zero-order valence-corrected chi connectivity index (χ0v) is 7.97. The predicted octanol–water partition coefficient (Wildman–Crippen LogP) is 1.49. The van der Waals surface area contributed by atoms with Gasteiger partial charge in [0.15, 0.2) is 11.9 Å². The maximum atomic E-state index is 10.5. The summed E-state index contributed by atoms with van der Waals surface area (Å²) in [6.07, 6.45) is 6.02. The van der Waals surface area contributed by atoms with Crippen LogP contribution in [0, 0.1) is 0 Å². The molecule has 0 atom stereocenters. The van der Waals surface area contributed by atoms with Crippen molar-refractivity contribution >= 4 is 11.9 Å². The number of hydrogen-bond donors (Lipinski definition) is 0. The number of fused-ring (bicyclic) bond motifs is 1. The van der Waals surface area contributed by atoms with Crippen LogP contribution in [0.2, 0.25) is 0 Å². The Morgan fingerprint density at radius 3 is 3.14 bits per heavy atom. The van der Waals surface area contributed by atoms with Crippen LogP contribution in [0.25, 0.3) is 5.65 Å². The van der Waals surface area contributed by atoms with Crippen LogP contribution < -0.4 is 0 Å². The Hall–Kier alpha value is -1.71. The largest absolute Gasteiger partial charge is 0.298 e. The lowest BCUT2D eigenvalue weighted by Gasteiger charge is -1.91. The quantitative estimate of drug-likeness (QED) is 0.687. The zero-order chi connectivity index (χ0) is 9.97. The van der Waals surface area contributed by atoms with Gasteiger partial charge in [0.25, 0.3) is 0 Å². The molecule has 0 aliphatic heterocycles. The molecule has 0 fully saturated rings. The Balaban J connectivity index is 2.48. The third kappa shape index (κ3) is 1.51. The third-order valence-electron chi connectivity index (χ3n) is 2.03. The minimum Gasteiger partial charge on any atom is -0.298 e. The van der Waals surface area contributed by atoms with E-state index in [0.717, 1.165) is 30.5 Å². The van der Waals surface area contributed by atoms with Gasteiger partial charge in [0, 0.05) is 18.5 Å². The van der Waals surface area contributed by atoms with Gasteiger partial charge in [-0.3, -0.25) is 4.79 Å². The molecule has 0 bridgehead atoms. The molecule has 2 heterocycles. The molecule has 0 saturated heterocycles. The molecular formula is C10H11N3O. The van der Waals surface area contributed by atoms with E-state index in [2.05, 4.69) is 17.0 Å². The highest BCUT2D eigenvalue weighted by atomic mass is 16.1. The second-order valence-corrected chi connectivity index (χ2v) is 3.19. The number of nitrogens with zero attached hydrogens (tertiary/aromatic N) is 3. The van der Waals surface area contributed by atoms with E-state index in [-0.39, 0.29) is 0 Å². The van der Waals surface area contributed by atoms with Crippen LogP contribution in [0.3, 0.4) is 0 Å². The van der Waals surface area contributed by atoms with Gasteiger partial charge in [0.2, 0.25) is 0 Å². The predicted molar refractivity (Wildman–Crippen MR) is 52.4 cm³/mol. The summed E-state index contributed by atoms with van der Waals surface area (Å²) in [5.41, 5.74) is 2.35. The molecule has 72 valence electrons. The van der Waals surface area contributed by atoms with Gasteiger partial charge in [-0.1, -0.05) is 13.3 Å². The summed E-state index contributed by atoms with van der Waals surface area (Å²) < 4.78 is 1.65. The summed E-state index contributed by atoms with van der Waals surface area (Å²) in [6.45, 7) is 2.11. The first-order valence-corrected chi connectivity index (χ1v) is 4.63. The Morgan fingerprint density at radius 1 is 1.57 bits per heavy atom. The number of aromatic nitrogens is 3. The molecule has 0 radical (unpaired) electrons. The Bertz CT molecular complexity index is 461. The average molecular weight is 189 g/mol. The fourth-order valence-corrected chi connectivity index (χ4v) is 1.38. The van der Waals surface area contributed by atoms with Crippen molar-refractivity contribution in [2.45, 2.75) is 19.8 Å². The monoisotopic (exact) mass is 189 g/mol. The van der Waals surface area contributed by atoms with Gasteiger partial charge in [0.05, 0.1) is 11.3 Å². The van der Waals surface area contributed by atoms with Gasteiger partial charge in [-0.05, 0) is 6.42 Å². The lowest BCUT2D eigenvalue weighted by Crippen LogP contribution is -1.93. The minimum absolute atomic E-state index is 0.545. The molecule has 2 aromatic heterocycles. The summed E-state index contributed by atoms with van der Waals surface area (Å²) >= 11 is 0. The van der Waals surface area contributed by atoms with Crippen LogP contribution in [0.1, 0.15) is 29.4 Å². The Labute approximate surface area is 81.6 Å². The zero-order valence-electron chi connectivity index (χ0n) is 7.97. The minimum atomic E-state index is 0.545. The van der Waals surface area contributed by atoms with Gasteiger partial charge in [-0.25, -0.2) is 9.50 Å². The molecule has 2 aromatic rings. The maximum Gasteiger partial charge on any atom is 0.155 e. The molecule has 0 aliphatic carbocycles. The molecule has 0 amide bonds. The average Bonchev–Trinajstić information content (AvgIpc) is 2.59. The van der Waals surface area contributed by atoms with Crippen LogP contribution in [0.4, 0.5) is 0 Å². The summed E-state index contributed by atoms with van der Waals surface area (Å²) in [6, 6.07) is 1.94. The number of hydrogen-bond acceptors (Lipinski definition) is 3. The lowest BCUT2D eigenvalue weighted by atomic mass is 10.2. The van der Waals surface area contributed by atoms with Crippen molar-refractivity contribution in [3.05, 3.63) is 29.7 Å². The normalized spacial score (nSPS) is 10.6. The highest BCUT2D eigenvalue weighted by Gasteiger charge is 2.02. The molecule has 0 saturated carbocycles. The number of carbonyl (C=O) groups is 1. The van der Waals surface area contributed by atoms with Crippen molar-refractivity contribution in [3.8, 4) is 0 Å². The topological polar surface area (TPSA) is 47.3 Å². The first kappa shape index (κ1) is 8.87. The molecule has 2 rings (SSSR count). The molecule has 0 N–H and O–H groups in total. The highest BCUT2D eigenvalue weighted by Crippen LogP contribution is 2.06. The van der Waals surface area contributed by atoms with E-state index in [9.17, 15) is 4.79 Å². The van der Waals surface area contributed by atoms with Crippen molar-refractivity contribution in [1.29, 1.82) is 0 Å². The molecule has 4 nitrogen and oxygen atoms in total. The van der Waals surface area contributed by atoms with Crippen LogP contribution >= 0.6 is 0 Å². The van der Waals surface area contributed by atoms with Gasteiger partial charge in [-0.15, -0.1) is 0 Å². The van der Waals surface area contributed by atoms with E-state index in [1.807, 2.05) is 6.07 Å². The fourth-order valence-electron chi connectivity index (χ4n) is 1.38. The van der Waals surface area contributed by atoms with Gasteiger partial charge in [-0.2, -0.15) is 5.10 Å². The number of aryl methyl sites for hydroxylation is 1. The van der Waals surface area contributed by atoms with Crippen LogP contribution in [-0.4, -0.2) is 20.9 Å². The van der Waals surface area contributed by atoms with Gasteiger partial charge in [0.1, 0.15) is 0 Å². The SMILES string of the molecule is CCCc1cc2ncc(C=O)cn2n1. The van der Waals surface area contributed by atoms with Crippen molar-refractivity contribution < 1.29 is 4.79 Å². The van der Waals surface area contributed by atoms with Crippen LogP contribution in [0.15, 0.2) is 18.5 Å². The first-order valence-electron chi connectivity index (χ1n) is 4.63. The van der Waals surface area contributed by atoms with Crippen molar-refractivity contribution in [2.75, 3.05) is 0 Å². The van der Waals surface area contributed by atoms with E-state index >= 15 is 0 Å². The number of rotatable bonds is 3. The molecule has 0 unspecified atom stereocenters. The van der Waals surface area contributed by atoms with Crippen molar-refractivity contribution in [3.63, 3.8) is 0 Å². The van der Waals surface area contributed by atoms with E-state index in [1.165, 1.54) is 0 Å². The fraction of sp³-hybridized carbons (Fsp3) is 0.300. The first-order chi connectivity index (χ1) is 6.83. The summed E-state index contributed by atoms with van der Waals surface area (Å²) in [5, 5.41) is 4.31. The standard InChI is InChI=1S/C10H11N3O/c1-2-3-9-4-10-11-5-8(7-14)6-13(10)12-9/h4-7H,2-3H2,1H3. The maximum absolute atomic E-state index is 10.5. The number of aldehydes is 1. The molecule has 0 aliphatic rings. The Morgan fingerprint density at radius 2 is 2.43 bits per heavy atom. The number of carbonyl (C=O) groups excluding carboxylic acids is 1. The summed E-state index contributed by atoms with van der Waals surface area (Å²) in [5.74, 6) is 0. The Kier molecular flexibility index (Phi) is 2.26. The lowest BCUT2D eigenvalue weighted by molar-refractivity contribution is 0.112. The van der Waals surface area contributed by atoms with E-state index in [0.29, 0.717) is 5.56 Å². The molecule has 14 heavy (non-hydrogen) atoms. The summed E-state index contributed by atoms with van der Waals surface area (Å²) in [4.78, 5) is 14.6. The van der Waals surface area contributed by atoms with Crippen LogP contribution in [0.5, 0.6) is 0 Å². The smallest absolute Gasteiger partial charge is 0.155 e. The second-order valence-electron chi connectivity index (χ2n) is 3.19. The van der Waals surface area contributed by atoms with Crippen LogP contribution in [-0.2, 0) is 6.42 Å². The van der Waals surface area contributed by atoms with E-state index in [4.69, 9.17) is 0 Å². The van der Waals surface area contributed by atoms with Crippen molar-refractivity contribution in [2.24, 2.45) is 0 Å². The third-order valence-corrected chi connectivity index (χ3v) is 2.03. The van der Waals surface area contributed by atoms with Gasteiger partial charge >= 0.3 is 0 Å². The highest BCUT2D eigenvalue weighted by molar-refractivity contribution is 5.73.